The van der Waals surface area contributed by atoms with Crippen molar-refractivity contribution in [3.63, 3.8) is 0 Å². The van der Waals surface area contributed by atoms with Gasteiger partial charge in [0.1, 0.15) is 6.04 Å². The number of nitrogens with zero attached hydrogens (tertiary/aromatic N) is 1. The summed E-state index contributed by atoms with van der Waals surface area (Å²) < 4.78 is 0. The first-order chi connectivity index (χ1) is 15.5. The first kappa shape index (κ1) is 25.4. The number of halogens is 1. The van der Waals surface area contributed by atoms with Crippen LogP contribution in [0.25, 0.3) is 0 Å². The molecule has 1 amide bonds. The second-order valence-electron chi connectivity index (χ2n) is 9.24. The number of nitrogens with one attached hydrogen (secondary N) is 1. The van der Waals surface area contributed by atoms with E-state index in [2.05, 4.69) is 17.9 Å². The first-order valence-corrected chi connectivity index (χ1v) is 13.2. The van der Waals surface area contributed by atoms with E-state index in [1.165, 1.54) is 69.1 Å². The van der Waals surface area contributed by atoms with Crippen molar-refractivity contribution >= 4 is 41.8 Å². The summed E-state index contributed by atoms with van der Waals surface area (Å²) in [6.45, 7) is 0. The Balaban J connectivity index is 0.000000193. The molecule has 3 aliphatic rings. The first-order valence-electron chi connectivity index (χ1n) is 12.2. The molecule has 1 aliphatic heterocycles. The zero-order valence-corrected chi connectivity index (χ0v) is 20.6. The molecule has 0 bridgehead atoms. The maximum atomic E-state index is 12.1. The number of hydrogen-bond donors (Lipinski definition) is 3. The normalized spacial score (nSPS) is 21.9. The fourth-order valence-corrected chi connectivity index (χ4v) is 5.59. The predicted molar refractivity (Wildman–Crippen MR) is 134 cm³/mol. The summed E-state index contributed by atoms with van der Waals surface area (Å²) in [5.41, 5.74) is 1.56. The maximum Gasteiger partial charge on any atom is 0.326 e. The molecule has 0 saturated heterocycles. The molecule has 5 nitrogen and oxygen atoms in total. The lowest BCUT2D eigenvalue weighted by Gasteiger charge is -2.35. The molecule has 0 spiro atoms. The van der Waals surface area contributed by atoms with Crippen LogP contribution in [0.5, 0.6) is 0 Å². The van der Waals surface area contributed by atoms with Crippen molar-refractivity contribution in [1.29, 1.82) is 0 Å². The van der Waals surface area contributed by atoms with Crippen molar-refractivity contribution in [2.45, 2.75) is 102 Å². The lowest BCUT2D eigenvalue weighted by atomic mass is 9.91. The van der Waals surface area contributed by atoms with Gasteiger partial charge in [0.25, 0.3) is 0 Å². The number of benzene rings is 1. The van der Waals surface area contributed by atoms with E-state index < -0.39 is 12.0 Å². The molecule has 2 saturated carbocycles. The van der Waals surface area contributed by atoms with E-state index in [1.54, 1.807) is 18.2 Å². The van der Waals surface area contributed by atoms with Crippen molar-refractivity contribution in [3.05, 3.63) is 28.8 Å². The zero-order chi connectivity index (χ0) is 22.9. The minimum absolute atomic E-state index is 0.217. The molecule has 2 aliphatic carbocycles. The average molecular weight is 481 g/mol. The average Bonchev–Trinajstić information content (AvgIpc) is 2.80. The second-order valence-corrected chi connectivity index (χ2v) is 10.1. The standard InChI is InChI=1S/C13H14ClNO3S.C12H23N/c14-9-2-4-10-8(7-9)1-3-11(13(17)18)15(10)12(16)5-6-19;1-3-7-11(8-4-1)13-12-9-5-2-6-10-12/h2,4,7,11,19H,1,3,5-6H2,(H,17,18);11-13H,1-10H2. The molecule has 1 atom stereocenters. The molecule has 1 aromatic carbocycles. The Morgan fingerprint density at radius 3 is 2.12 bits per heavy atom. The highest BCUT2D eigenvalue weighted by Crippen LogP contribution is 2.33. The molecule has 1 unspecified atom stereocenters. The van der Waals surface area contributed by atoms with Gasteiger partial charge in [0.2, 0.25) is 5.91 Å². The third kappa shape index (κ3) is 7.13. The molecule has 0 radical (unpaired) electrons. The molecule has 1 heterocycles. The monoisotopic (exact) mass is 480 g/mol. The number of thiol groups is 1. The van der Waals surface area contributed by atoms with Gasteiger partial charge in [-0.3, -0.25) is 9.69 Å². The van der Waals surface area contributed by atoms with Gasteiger partial charge in [-0.25, -0.2) is 4.79 Å². The van der Waals surface area contributed by atoms with Crippen LogP contribution >= 0.6 is 24.2 Å². The summed E-state index contributed by atoms with van der Waals surface area (Å²) in [5.74, 6) is -0.802. The highest BCUT2D eigenvalue weighted by atomic mass is 35.5. The minimum atomic E-state index is -0.979. The van der Waals surface area contributed by atoms with E-state index in [0.29, 0.717) is 29.3 Å². The summed E-state index contributed by atoms with van der Waals surface area (Å²) in [6.07, 6.45) is 15.8. The van der Waals surface area contributed by atoms with Crippen molar-refractivity contribution < 1.29 is 14.7 Å². The Morgan fingerprint density at radius 2 is 1.59 bits per heavy atom. The van der Waals surface area contributed by atoms with Crippen LogP contribution in [0, 0.1) is 0 Å². The van der Waals surface area contributed by atoms with Gasteiger partial charge in [-0.15, -0.1) is 0 Å². The quantitative estimate of drug-likeness (QED) is 0.477. The van der Waals surface area contributed by atoms with Gasteiger partial charge in [-0.2, -0.15) is 12.6 Å². The fraction of sp³-hybridized carbons (Fsp3) is 0.680. The number of aliphatic carboxylic acids is 1. The van der Waals surface area contributed by atoms with Gasteiger partial charge >= 0.3 is 5.97 Å². The van der Waals surface area contributed by atoms with E-state index >= 15 is 0 Å². The number of anilines is 1. The van der Waals surface area contributed by atoms with Crippen LogP contribution in [0.2, 0.25) is 5.02 Å². The molecular weight excluding hydrogens is 444 g/mol. The van der Waals surface area contributed by atoms with Crippen molar-refractivity contribution in [3.8, 4) is 0 Å². The van der Waals surface area contributed by atoms with Crippen LogP contribution in [0.3, 0.4) is 0 Å². The lowest BCUT2D eigenvalue weighted by molar-refractivity contribution is -0.140. The van der Waals surface area contributed by atoms with Crippen molar-refractivity contribution in [2.24, 2.45) is 0 Å². The largest absolute Gasteiger partial charge is 0.480 e. The van der Waals surface area contributed by atoms with E-state index in [1.807, 2.05) is 0 Å². The Bertz CT molecular complexity index is 748. The number of amides is 1. The van der Waals surface area contributed by atoms with Crippen LogP contribution in [0.15, 0.2) is 18.2 Å². The van der Waals surface area contributed by atoms with Gasteiger partial charge in [0, 0.05) is 29.2 Å². The number of carboxylic acids is 1. The highest BCUT2D eigenvalue weighted by molar-refractivity contribution is 7.80. The Morgan fingerprint density at radius 1 is 1.00 bits per heavy atom. The highest BCUT2D eigenvalue weighted by Gasteiger charge is 2.35. The van der Waals surface area contributed by atoms with Crippen LogP contribution in [0.4, 0.5) is 5.69 Å². The molecule has 2 N–H and O–H groups in total. The van der Waals surface area contributed by atoms with Crippen LogP contribution in [-0.4, -0.2) is 40.9 Å². The van der Waals surface area contributed by atoms with Gasteiger partial charge in [-0.05, 0) is 68.0 Å². The van der Waals surface area contributed by atoms with Crippen molar-refractivity contribution in [2.75, 3.05) is 10.7 Å². The molecule has 32 heavy (non-hydrogen) atoms. The number of carboxylic acid groups (broad SMARTS) is 1. The van der Waals surface area contributed by atoms with E-state index in [0.717, 1.165) is 17.6 Å². The molecule has 0 aromatic heterocycles. The maximum absolute atomic E-state index is 12.1. The number of fused-ring (bicyclic) bond motifs is 1. The smallest absolute Gasteiger partial charge is 0.326 e. The lowest BCUT2D eigenvalue weighted by Crippen LogP contribution is -2.48. The second kappa shape index (κ2) is 12.9. The minimum Gasteiger partial charge on any atom is -0.480 e. The Kier molecular flexibility index (Phi) is 10.2. The van der Waals surface area contributed by atoms with Crippen LogP contribution in [-0.2, 0) is 16.0 Å². The van der Waals surface area contributed by atoms with E-state index in [4.69, 9.17) is 11.6 Å². The fourth-order valence-electron chi connectivity index (χ4n) is 5.21. The number of rotatable bonds is 5. The molecule has 7 heteroatoms. The summed E-state index contributed by atoms with van der Waals surface area (Å²) >= 11 is 9.96. The van der Waals surface area contributed by atoms with Gasteiger partial charge in [0.05, 0.1) is 0 Å². The Labute approximate surface area is 202 Å². The van der Waals surface area contributed by atoms with Gasteiger partial charge < -0.3 is 10.4 Å². The Hall–Kier alpha value is -1.24. The van der Waals surface area contributed by atoms with Crippen LogP contribution < -0.4 is 10.2 Å². The third-order valence-electron chi connectivity index (χ3n) is 6.86. The molecule has 4 rings (SSSR count). The summed E-state index contributed by atoms with van der Waals surface area (Å²) in [4.78, 5) is 24.8. The molecular formula is C25H37ClN2O3S. The number of hydrogen-bond acceptors (Lipinski definition) is 4. The number of carbonyl (C=O) groups excluding carboxylic acids is 1. The van der Waals surface area contributed by atoms with Crippen LogP contribution in [0.1, 0.15) is 82.6 Å². The predicted octanol–water partition coefficient (Wildman–Crippen LogP) is 5.63. The zero-order valence-electron chi connectivity index (χ0n) is 18.9. The van der Waals surface area contributed by atoms with Crippen molar-refractivity contribution in [1.82, 2.24) is 5.32 Å². The van der Waals surface area contributed by atoms with Gasteiger partial charge in [0.15, 0.2) is 0 Å². The summed E-state index contributed by atoms with van der Waals surface area (Å²) in [6, 6.07) is 6.11. The van der Waals surface area contributed by atoms with E-state index in [9.17, 15) is 14.7 Å². The third-order valence-corrected chi connectivity index (χ3v) is 7.32. The number of aryl methyl sites for hydroxylation is 1. The topological polar surface area (TPSA) is 69.6 Å². The molecule has 178 valence electrons. The number of carbonyl (C=O) groups is 2. The summed E-state index contributed by atoms with van der Waals surface area (Å²) in [7, 11) is 0. The summed E-state index contributed by atoms with van der Waals surface area (Å²) in [5, 5.41) is 13.7. The van der Waals surface area contributed by atoms with Gasteiger partial charge in [-0.1, -0.05) is 50.1 Å². The molecule has 1 aromatic rings. The SMILES string of the molecule is C1CCC(NC2CCCCC2)CC1.O=C(O)C1CCc2cc(Cl)ccc2N1C(=O)CCS. The van der Waals surface area contributed by atoms with E-state index in [-0.39, 0.29) is 12.3 Å². The molecule has 2 fully saturated rings.